The Balaban J connectivity index is 3.13. The number of hydrogen-bond acceptors (Lipinski definition) is 2. The molecule has 0 atom stereocenters. The molecule has 0 N–H and O–H groups in total. The molecule has 1 rings (SSSR count). The number of ether oxygens (including phenoxy) is 2. The molecule has 0 saturated heterocycles. The van der Waals surface area contributed by atoms with Crippen LogP contribution in [0.1, 0.15) is 98.6 Å². The minimum atomic E-state index is 0.0185. The molecule has 0 aliphatic carbocycles. The van der Waals surface area contributed by atoms with Crippen LogP contribution in [0.4, 0.5) is 0 Å². The summed E-state index contributed by atoms with van der Waals surface area (Å²) in [5, 5.41) is 0. The summed E-state index contributed by atoms with van der Waals surface area (Å²) in [5.41, 5.74) is 2.53. The van der Waals surface area contributed by atoms with E-state index in [0.717, 1.165) is 24.5 Å². The van der Waals surface area contributed by atoms with E-state index in [4.69, 9.17) is 9.47 Å². The van der Waals surface area contributed by atoms with Crippen molar-refractivity contribution in [2.45, 2.75) is 98.3 Å². The molecular weight excluding hydrogens is 308 g/mol. The highest BCUT2D eigenvalue weighted by molar-refractivity contribution is 5.52. The standard InChI is InChI=1S/C23H40O2/c1-9-11-12-13-14-15-25-21-19(22(3,4)5)16-18(24-10-2)17-20(21)23(6,7)8/h16-17H,9-15H2,1-8H3. The zero-order chi connectivity index (χ0) is 19.1. The molecule has 0 spiro atoms. The van der Waals surface area contributed by atoms with Gasteiger partial charge < -0.3 is 9.47 Å². The van der Waals surface area contributed by atoms with Crippen LogP contribution >= 0.6 is 0 Å². The van der Waals surface area contributed by atoms with E-state index >= 15 is 0 Å². The first-order valence-electron chi connectivity index (χ1n) is 10.1. The molecule has 0 aromatic heterocycles. The van der Waals surface area contributed by atoms with Crippen molar-refractivity contribution in [3.63, 3.8) is 0 Å². The van der Waals surface area contributed by atoms with Crippen molar-refractivity contribution in [3.8, 4) is 11.5 Å². The normalized spacial score (nSPS) is 12.3. The quantitative estimate of drug-likeness (QED) is 0.446. The molecule has 0 amide bonds. The van der Waals surface area contributed by atoms with Crippen LogP contribution < -0.4 is 9.47 Å². The predicted octanol–water partition coefficient (Wildman–Crippen LogP) is 7.03. The second-order valence-electron chi connectivity index (χ2n) is 9.04. The van der Waals surface area contributed by atoms with Crippen LogP contribution in [-0.4, -0.2) is 13.2 Å². The summed E-state index contributed by atoms with van der Waals surface area (Å²) in [6.07, 6.45) is 6.29. The third-order valence-corrected chi connectivity index (χ3v) is 4.48. The maximum absolute atomic E-state index is 6.38. The van der Waals surface area contributed by atoms with Gasteiger partial charge in [0, 0.05) is 11.1 Å². The first-order chi connectivity index (χ1) is 11.6. The van der Waals surface area contributed by atoms with Gasteiger partial charge in [0.05, 0.1) is 13.2 Å². The minimum absolute atomic E-state index is 0.0185. The molecule has 1 aromatic carbocycles. The van der Waals surface area contributed by atoms with Gasteiger partial charge >= 0.3 is 0 Å². The van der Waals surface area contributed by atoms with Gasteiger partial charge in [0.25, 0.3) is 0 Å². The van der Waals surface area contributed by atoms with Crippen LogP contribution in [0.5, 0.6) is 11.5 Å². The Labute approximate surface area is 156 Å². The Morgan fingerprint density at radius 1 is 0.720 bits per heavy atom. The van der Waals surface area contributed by atoms with Crippen molar-refractivity contribution in [2.75, 3.05) is 13.2 Å². The van der Waals surface area contributed by atoms with E-state index in [-0.39, 0.29) is 10.8 Å². The summed E-state index contributed by atoms with van der Waals surface area (Å²) < 4.78 is 12.2. The van der Waals surface area contributed by atoms with Gasteiger partial charge in [-0.25, -0.2) is 0 Å². The van der Waals surface area contributed by atoms with E-state index in [9.17, 15) is 0 Å². The molecule has 0 radical (unpaired) electrons. The van der Waals surface area contributed by atoms with Gasteiger partial charge in [-0.15, -0.1) is 0 Å². The van der Waals surface area contributed by atoms with Crippen molar-refractivity contribution in [1.82, 2.24) is 0 Å². The molecule has 0 unspecified atom stereocenters. The smallest absolute Gasteiger partial charge is 0.127 e. The van der Waals surface area contributed by atoms with Crippen LogP contribution in [0, 0.1) is 0 Å². The maximum atomic E-state index is 6.38. The van der Waals surface area contributed by atoms with Gasteiger partial charge in [0.2, 0.25) is 0 Å². The average molecular weight is 349 g/mol. The zero-order valence-electron chi connectivity index (χ0n) is 17.9. The molecule has 2 nitrogen and oxygen atoms in total. The second-order valence-corrected chi connectivity index (χ2v) is 9.04. The fraction of sp³-hybridized carbons (Fsp3) is 0.739. The molecule has 0 aliphatic rings. The largest absolute Gasteiger partial charge is 0.494 e. The first kappa shape index (κ1) is 21.9. The van der Waals surface area contributed by atoms with Gasteiger partial charge in [0.1, 0.15) is 11.5 Å². The molecule has 0 bridgehead atoms. The first-order valence-corrected chi connectivity index (χ1v) is 10.1. The van der Waals surface area contributed by atoms with Gasteiger partial charge in [-0.05, 0) is 36.3 Å². The summed E-state index contributed by atoms with van der Waals surface area (Å²) in [6, 6.07) is 4.34. The van der Waals surface area contributed by atoms with Gasteiger partial charge in [0.15, 0.2) is 0 Å². The third-order valence-electron chi connectivity index (χ3n) is 4.48. The molecule has 0 heterocycles. The summed E-state index contributed by atoms with van der Waals surface area (Å²) in [4.78, 5) is 0. The molecule has 144 valence electrons. The van der Waals surface area contributed by atoms with Gasteiger partial charge in [-0.3, -0.25) is 0 Å². The number of benzene rings is 1. The summed E-state index contributed by atoms with van der Waals surface area (Å²) in [6.45, 7) is 19.3. The van der Waals surface area contributed by atoms with E-state index in [1.807, 2.05) is 6.92 Å². The molecule has 2 heteroatoms. The maximum Gasteiger partial charge on any atom is 0.127 e. The summed E-state index contributed by atoms with van der Waals surface area (Å²) >= 11 is 0. The van der Waals surface area contributed by atoms with Gasteiger partial charge in [-0.2, -0.15) is 0 Å². The molecule has 1 aromatic rings. The van der Waals surface area contributed by atoms with E-state index < -0.39 is 0 Å². The fourth-order valence-corrected chi connectivity index (χ4v) is 3.00. The van der Waals surface area contributed by atoms with E-state index in [1.54, 1.807) is 0 Å². The molecule has 0 saturated carbocycles. The number of rotatable bonds is 9. The van der Waals surface area contributed by atoms with Crippen LogP contribution in [-0.2, 0) is 10.8 Å². The highest BCUT2D eigenvalue weighted by atomic mass is 16.5. The van der Waals surface area contributed by atoms with Crippen LogP contribution in [0.2, 0.25) is 0 Å². The molecular formula is C23H40O2. The lowest BCUT2D eigenvalue weighted by molar-refractivity contribution is 0.286. The van der Waals surface area contributed by atoms with Gasteiger partial charge in [-0.1, -0.05) is 74.1 Å². The topological polar surface area (TPSA) is 18.5 Å². The van der Waals surface area contributed by atoms with Crippen molar-refractivity contribution in [1.29, 1.82) is 0 Å². The van der Waals surface area contributed by atoms with E-state index in [0.29, 0.717) is 6.61 Å². The predicted molar refractivity (Wildman–Crippen MR) is 109 cm³/mol. The highest BCUT2D eigenvalue weighted by Gasteiger charge is 2.28. The summed E-state index contributed by atoms with van der Waals surface area (Å²) in [5.74, 6) is 2.02. The van der Waals surface area contributed by atoms with E-state index in [2.05, 4.69) is 60.6 Å². The van der Waals surface area contributed by atoms with Crippen LogP contribution in [0.3, 0.4) is 0 Å². The van der Waals surface area contributed by atoms with Crippen LogP contribution in [0.25, 0.3) is 0 Å². The second kappa shape index (κ2) is 9.50. The Morgan fingerprint density at radius 3 is 1.68 bits per heavy atom. The average Bonchev–Trinajstić information content (AvgIpc) is 2.49. The lowest BCUT2D eigenvalue weighted by atomic mass is 9.79. The van der Waals surface area contributed by atoms with E-state index in [1.165, 1.54) is 36.8 Å². The Morgan fingerprint density at radius 2 is 1.24 bits per heavy atom. The zero-order valence-corrected chi connectivity index (χ0v) is 17.9. The summed E-state index contributed by atoms with van der Waals surface area (Å²) in [7, 11) is 0. The highest BCUT2D eigenvalue weighted by Crippen LogP contribution is 2.42. The lowest BCUT2D eigenvalue weighted by Gasteiger charge is -2.30. The Bertz CT molecular complexity index is 483. The third kappa shape index (κ3) is 6.92. The van der Waals surface area contributed by atoms with Crippen molar-refractivity contribution in [3.05, 3.63) is 23.3 Å². The SMILES string of the molecule is CCCCCCCOc1c(C(C)(C)C)cc(OCC)cc1C(C)(C)C. The Hall–Kier alpha value is -1.18. The van der Waals surface area contributed by atoms with Crippen molar-refractivity contribution in [2.24, 2.45) is 0 Å². The number of hydrogen-bond donors (Lipinski definition) is 0. The van der Waals surface area contributed by atoms with Crippen LogP contribution in [0.15, 0.2) is 12.1 Å². The minimum Gasteiger partial charge on any atom is -0.494 e. The fourth-order valence-electron chi connectivity index (χ4n) is 3.00. The molecule has 0 fully saturated rings. The lowest BCUT2D eigenvalue weighted by Crippen LogP contribution is -2.20. The molecule has 0 aliphatic heterocycles. The Kier molecular flexibility index (Phi) is 8.31. The van der Waals surface area contributed by atoms with Crippen molar-refractivity contribution >= 4 is 0 Å². The monoisotopic (exact) mass is 348 g/mol. The number of unbranched alkanes of at least 4 members (excludes halogenated alkanes) is 4. The van der Waals surface area contributed by atoms with Crippen molar-refractivity contribution < 1.29 is 9.47 Å². The molecule has 25 heavy (non-hydrogen) atoms.